The molecule has 3 aromatic carbocycles. The van der Waals surface area contributed by atoms with E-state index in [0.717, 1.165) is 34.5 Å². The van der Waals surface area contributed by atoms with E-state index < -0.39 is 17.5 Å². The predicted molar refractivity (Wildman–Crippen MR) is 134 cm³/mol. The third-order valence-corrected chi connectivity index (χ3v) is 6.21. The quantitative estimate of drug-likeness (QED) is 0.238. The second-order valence-corrected chi connectivity index (χ2v) is 8.56. The lowest BCUT2D eigenvalue weighted by molar-refractivity contribution is 0.260. The van der Waals surface area contributed by atoms with Gasteiger partial charge in [0.2, 0.25) is 0 Å². The van der Waals surface area contributed by atoms with E-state index in [9.17, 15) is 13.2 Å². The molecule has 0 unspecified atom stereocenters. The number of aliphatic imine (C=N–C) groups is 1. The summed E-state index contributed by atoms with van der Waals surface area (Å²) in [5.41, 5.74) is 4.06. The summed E-state index contributed by atoms with van der Waals surface area (Å²) in [5, 5.41) is 3.43. The first-order valence-electron chi connectivity index (χ1n) is 11.6. The minimum Gasteiger partial charge on any atom is -0.347 e. The number of rotatable bonds is 7. The minimum atomic E-state index is -1.13. The highest BCUT2D eigenvalue weighted by molar-refractivity contribution is 5.82. The van der Waals surface area contributed by atoms with Gasteiger partial charge in [-0.2, -0.15) is 0 Å². The van der Waals surface area contributed by atoms with Crippen LogP contribution in [-0.4, -0.2) is 23.8 Å². The molecule has 0 amide bonds. The predicted octanol–water partition coefficient (Wildman–Crippen LogP) is 6.55. The van der Waals surface area contributed by atoms with Crippen LogP contribution >= 0.6 is 0 Å². The Bertz CT molecular complexity index is 1200. The van der Waals surface area contributed by atoms with Gasteiger partial charge in [0.05, 0.1) is 0 Å². The summed E-state index contributed by atoms with van der Waals surface area (Å²) in [6.07, 6.45) is 2.10. The Kier molecular flexibility index (Phi) is 7.83. The zero-order chi connectivity index (χ0) is 24.8. The number of nitrogens with zero attached hydrogens (tertiary/aromatic N) is 2. The molecule has 1 heterocycles. The maximum atomic E-state index is 14.4. The van der Waals surface area contributed by atoms with Crippen LogP contribution in [0.4, 0.5) is 13.2 Å². The van der Waals surface area contributed by atoms with Gasteiger partial charge >= 0.3 is 0 Å². The monoisotopic (exact) mass is 475 g/mol. The molecule has 6 heteroatoms. The van der Waals surface area contributed by atoms with E-state index in [0.29, 0.717) is 25.3 Å². The van der Waals surface area contributed by atoms with E-state index >= 15 is 0 Å². The van der Waals surface area contributed by atoms with Crippen molar-refractivity contribution in [3.63, 3.8) is 0 Å². The molecule has 1 aliphatic rings. The topological polar surface area (TPSA) is 27.6 Å². The zero-order valence-electron chi connectivity index (χ0n) is 19.6. The molecular formula is C29H28F3N3. The summed E-state index contributed by atoms with van der Waals surface area (Å²) in [5.74, 6) is -2.28. The molecule has 0 aromatic heterocycles. The Morgan fingerprint density at radius 1 is 0.971 bits per heavy atom. The second kappa shape index (κ2) is 11.2. The molecular weight excluding hydrogens is 447 g/mol. The number of hydrogen-bond donors (Lipinski definition) is 1. The van der Waals surface area contributed by atoms with Gasteiger partial charge in [-0.05, 0) is 35.8 Å². The molecule has 3 nitrogen and oxygen atoms in total. The van der Waals surface area contributed by atoms with Gasteiger partial charge in [0, 0.05) is 49.4 Å². The van der Waals surface area contributed by atoms with Crippen molar-refractivity contribution in [1.82, 2.24) is 10.2 Å². The van der Waals surface area contributed by atoms with Gasteiger partial charge in [-0.3, -0.25) is 4.90 Å². The lowest BCUT2D eigenvalue weighted by Crippen LogP contribution is -2.38. The van der Waals surface area contributed by atoms with Crippen LogP contribution < -0.4 is 5.32 Å². The number of hydrogen-bond acceptors (Lipinski definition) is 2. The Labute approximate surface area is 204 Å². The average molecular weight is 476 g/mol. The fourth-order valence-corrected chi connectivity index (χ4v) is 4.60. The van der Waals surface area contributed by atoms with Crippen molar-refractivity contribution in [2.75, 3.05) is 13.1 Å². The molecule has 0 saturated carbocycles. The highest BCUT2D eigenvalue weighted by Crippen LogP contribution is 2.36. The van der Waals surface area contributed by atoms with Gasteiger partial charge in [-0.25, -0.2) is 18.2 Å². The minimum absolute atomic E-state index is 0.0256. The molecule has 0 radical (unpaired) electrons. The summed E-state index contributed by atoms with van der Waals surface area (Å²) in [7, 11) is 0. The molecule has 180 valence electrons. The van der Waals surface area contributed by atoms with Crippen molar-refractivity contribution in [3.05, 3.63) is 131 Å². The van der Waals surface area contributed by atoms with Crippen LogP contribution in [0.1, 0.15) is 36.0 Å². The number of amidine groups is 1. The van der Waals surface area contributed by atoms with Crippen LogP contribution in [0.25, 0.3) is 0 Å². The molecule has 0 bridgehead atoms. The molecule has 1 aliphatic heterocycles. The Morgan fingerprint density at radius 3 is 2.17 bits per heavy atom. The molecule has 35 heavy (non-hydrogen) atoms. The summed E-state index contributed by atoms with van der Waals surface area (Å²) < 4.78 is 42.7. The molecule has 0 fully saturated rings. The van der Waals surface area contributed by atoms with Crippen molar-refractivity contribution in [2.24, 2.45) is 4.99 Å². The highest BCUT2D eigenvalue weighted by atomic mass is 19.2. The standard InChI is InChI=1S/C29H28F3N3/c1-3-33-20(2)34-27-16-17-35(18-23-25(30)14-15-26(31)29(23)32)19-24(27)28(21-10-6-4-7-11-21)22-12-8-5-9-13-22/h3-15,28H,1,16-19H2,2H3,(H,33,34). The van der Waals surface area contributed by atoms with Gasteiger partial charge in [0.15, 0.2) is 11.6 Å². The number of benzene rings is 3. The normalized spacial score (nSPS) is 14.9. The fourth-order valence-electron chi connectivity index (χ4n) is 4.60. The van der Waals surface area contributed by atoms with Crippen LogP contribution in [-0.2, 0) is 6.54 Å². The molecule has 0 atom stereocenters. The first-order valence-corrected chi connectivity index (χ1v) is 11.6. The third kappa shape index (κ3) is 5.72. The average Bonchev–Trinajstić information content (AvgIpc) is 2.87. The van der Waals surface area contributed by atoms with Crippen LogP contribution in [0.3, 0.4) is 0 Å². The van der Waals surface area contributed by atoms with Crippen LogP contribution in [0.5, 0.6) is 0 Å². The van der Waals surface area contributed by atoms with E-state index in [-0.39, 0.29) is 18.0 Å². The first-order chi connectivity index (χ1) is 17.0. The van der Waals surface area contributed by atoms with Crippen molar-refractivity contribution in [3.8, 4) is 0 Å². The van der Waals surface area contributed by atoms with Crippen LogP contribution in [0, 0.1) is 17.5 Å². The highest BCUT2D eigenvalue weighted by Gasteiger charge is 2.29. The number of nitrogens with one attached hydrogen (secondary N) is 1. The largest absolute Gasteiger partial charge is 0.347 e. The fraction of sp³-hybridized carbons (Fsp3) is 0.207. The number of halogens is 3. The van der Waals surface area contributed by atoms with Crippen molar-refractivity contribution < 1.29 is 13.2 Å². The summed E-state index contributed by atoms with van der Waals surface area (Å²) in [6, 6.07) is 22.1. The summed E-state index contributed by atoms with van der Waals surface area (Å²) in [4.78, 5) is 6.22. The van der Waals surface area contributed by atoms with Crippen LogP contribution in [0.2, 0.25) is 0 Å². The van der Waals surface area contributed by atoms with Crippen LogP contribution in [0.15, 0.2) is 102 Å². The summed E-state index contributed by atoms with van der Waals surface area (Å²) in [6.45, 7) is 6.52. The van der Waals surface area contributed by atoms with E-state index in [2.05, 4.69) is 41.2 Å². The van der Waals surface area contributed by atoms with Crippen molar-refractivity contribution in [1.29, 1.82) is 0 Å². The molecule has 4 rings (SSSR count). The van der Waals surface area contributed by atoms with E-state index in [1.165, 1.54) is 6.20 Å². The van der Waals surface area contributed by atoms with Gasteiger partial charge in [-0.15, -0.1) is 0 Å². The lowest BCUT2D eigenvalue weighted by Gasteiger charge is -2.35. The van der Waals surface area contributed by atoms with Gasteiger partial charge in [-0.1, -0.05) is 67.2 Å². The van der Waals surface area contributed by atoms with E-state index in [4.69, 9.17) is 0 Å². The smallest absolute Gasteiger partial charge is 0.166 e. The third-order valence-electron chi connectivity index (χ3n) is 6.21. The SMILES string of the molecule is C=CN=C(C)NC1=C(C(c2ccccc2)c2ccccc2)CN(Cc2c(F)ccc(F)c2F)CC1. The Balaban J connectivity index is 1.77. The molecule has 3 aromatic rings. The van der Waals surface area contributed by atoms with Crippen molar-refractivity contribution in [2.45, 2.75) is 25.8 Å². The maximum Gasteiger partial charge on any atom is 0.166 e. The maximum absolute atomic E-state index is 14.4. The molecule has 0 spiro atoms. The van der Waals surface area contributed by atoms with E-state index in [1.807, 2.05) is 48.2 Å². The lowest BCUT2D eigenvalue weighted by atomic mass is 9.82. The molecule has 0 aliphatic carbocycles. The van der Waals surface area contributed by atoms with E-state index in [1.54, 1.807) is 0 Å². The molecule has 0 saturated heterocycles. The second-order valence-electron chi connectivity index (χ2n) is 8.56. The molecule has 1 N–H and O–H groups in total. The van der Waals surface area contributed by atoms with Crippen molar-refractivity contribution >= 4 is 5.84 Å². The first kappa shape index (κ1) is 24.5. The van der Waals surface area contributed by atoms with Gasteiger partial charge in [0.1, 0.15) is 11.7 Å². The Hall–Kier alpha value is -3.64. The zero-order valence-corrected chi connectivity index (χ0v) is 19.6. The van der Waals surface area contributed by atoms with Gasteiger partial charge < -0.3 is 5.32 Å². The Morgan fingerprint density at radius 2 is 1.57 bits per heavy atom. The summed E-state index contributed by atoms with van der Waals surface area (Å²) >= 11 is 0. The van der Waals surface area contributed by atoms with Gasteiger partial charge in [0.25, 0.3) is 0 Å².